The third-order valence-corrected chi connectivity index (χ3v) is 4.25. The van der Waals surface area contributed by atoms with E-state index in [1.807, 2.05) is 12.3 Å². The molecule has 23 heavy (non-hydrogen) atoms. The summed E-state index contributed by atoms with van der Waals surface area (Å²) in [6, 6.07) is 4.03. The van der Waals surface area contributed by atoms with Gasteiger partial charge in [0.15, 0.2) is 11.0 Å². The first-order chi connectivity index (χ1) is 11.3. The van der Waals surface area contributed by atoms with Gasteiger partial charge in [0, 0.05) is 25.4 Å². The Balaban J connectivity index is 1.45. The van der Waals surface area contributed by atoms with E-state index in [4.69, 9.17) is 4.52 Å². The Morgan fingerprint density at radius 3 is 3.13 bits per heavy atom. The summed E-state index contributed by atoms with van der Waals surface area (Å²) in [5, 5.41) is 8.19. The maximum Gasteiger partial charge on any atom is 0.237 e. The Hall–Kier alpha value is -1.93. The van der Waals surface area contributed by atoms with Crippen LogP contribution in [0.4, 0.5) is 0 Å². The van der Waals surface area contributed by atoms with Crippen molar-refractivity contribution in [2.45, 2.75) is 32.1 Å². The maximum absolute atomic E-state index is 5.23. The molecule has 0 amide bonds. The summed E-state index contributed by atoms with van der Waals surface area (Å²) < 4.78 is 5.23. The van der Waals surface area contributed by atoms with Gasteiger partial charge in [0.1, 0.15) is 0 Å². The third kappa shape index (κ3) is 4.77. The molecule has 2 aromatic heterocycles. The van der Waals surface area contributed by atoms with E-state index in [1.165, 1.54) is 5.56 Å². The number of hydrogen-bond acceptors (Lipinski definition) is 8. The molecule has 0 atom stereocenters. The van der Waals surface area contributed by atoms with Gasteiger partial charge in [0.2, 0.25) is 5.89 Å². The van der Waals surface area contributed by atoms with Crippen LogP contribution in [0.2, 0.25) is 0 Å². The molecule has 7 nitrogen and oxygen atoms in total. The molecule has 2 aromatic rings. The van der Waals surface area contributed by atoms with Gasteiger partial charge in [-0.1, -0.05) is 29.9 Å². The average molecular weight is 332 g/mol. The van der Waals surface area contributed by atoms with Gasteiger partial charge in [-0.15, -0.1) is 0 Å². The van der Waals surface area contributed by atoms with Crippen LogP contribution in [0, 0.1) is 0 Å². The highest BCUT2D eigenvalue weighted by Gasteiger charge is 2.14. The quantitative estimate of drug-likeness (QED) is 0.867. The van der Waals surface area contributed by atoms with E-state index < -0.39 is 0 Å². The molecule has 0 saturated heterocycles. The van der Waals surface area contributed by atoms with E-state index in [9.17, 15) is 0 Å². The van der Waals surface area contributed by atoms with Crippen molar-refractivity contribution in [2.75, 3.05) is 13.3 Å². The minimum Gasteiger partial charge on any atom is -0.352 e. The van der Waals surface area contributed by atoms with Gasteiger partial charge in [-0.2, -0.15) is 4.98 Å². The van der Waals surface area contributed by atoms with Crippen LogP contribution in [0.25, 0.3) is 0 Å². The van der Waals surface area contributed by atoms with Gasteiger partial charge in [-0.25, -0.2) is 4.99 Å². The molecule has 0 fully saturated rings. The van der Waals surface area contributed by atoms with Crippen LogP contribution in [-0.4, -0.2) is 38.5 Å². The predicted octanol–water partition coefficient (Wildman–Crippen LogP) is 2.03. The average Bonchev–Trinajstić information content (AvgIpc) is 3.03. The lowest BCUT2D eigenvalue weighted by Gasteiger charge is -2.26. The monoisotopic (exact) mass is 332 g/mol. The summed E-state index contributed by atoms with van der Waals surface area (Å²) >= 11 is 1.59. The molecule has 8 heteroatoms. The fourth-order valence-electron chi connectivity index (χ4n) is 2.21. The van der Waals surface area contributed by atoms with Crippen molar-refractivity contribution < 1.29 is 4.52 Å². The molecule has 0 bridgehead atoms. The van der Waals surface area contributed by atoms with Gasteiger partial charge in [0.25, 0.3) is 0 Å². The van der Waals surface area contributed by atoms with Gasteiger partial charge >= 0.3 is 0 Å². The van der Waals surface area contributed by atoms with E-state index in [2.05, 4.69) is 43.3 Å². The lowest BCUT2D eigenvalue weighted by molar-refractivity contribution is 0.258. The standard InChI is InChI=1S/C15H20N6OS/c1-2-4-13-19-14(22-20-13)9-23-15-17-10-21(11-18-15)8-12-5-3-6-16-7-12/h3,5-7H,2,4,8-11H2,1H3,(H,17,18). The van der Waals surface area contributed by atoms with Crippen molar-refractivity contribution in [3.63, 3.8) is 0 Å². The maximum atomic E-state index is 5.23. The summed E-state index contributed by atoms with van der Waals surface area (Å²) in [7, 11) is 0. The number of aliphatic imine (C=N–C) groups is 1. The molecule has 0 aliphatic carbocycles. The predicted molar refractivity (Wildman–Crippen MR) is 89.7 cm³/mol. The number of nitrogens with one attached hydrogen (secondary N) is 1. The van der Waals surface area contributed by atoms with E-state index in [0.717, 1.165) is 37.0 Å². The van der Waals surface area contributed by atoms with E-state index in [1.54, 1.807) is 18.0 Å². The molecule has 0 spiro atoms. The molecule has 0 saturated carbocycles. The lowest BCUT2D eigenvalue weighted by Crippen LogP contribution is -2.41. The Bertz CT molecular complexity index is 644. The number of thioether (sulfide) groups is 1. The summed E-state index contributed by atoms with van der Waals surface area (Å²) in [6.45, 7) is 4.38. The molecule has 0 radical (unpaired) electrons. The van der Waals surface area contributed by atoms with Crippen molar-refractivity contribution >= 4 is 16.9 Å². The van der Waals surface area contributed by atoms with Crippen molar-refractivity contribution in [1.29, 1.82) is 0 Å². The second-order valence-electron chi connectivity index (χ2n) is 5.27. The fourth-order valence-corrected chi connectivity index (χ4v) is 2.90. The molecule has 1 aliphatic heterocycles. The molecule has 1 aliphatic rings. The number of aryl methyl sites for hydroxylation is 1. The topological polar surface area (TPSA) is 79.4 Å². The van der Waals surface area contributed by atoms with Crippen molar-refractivity contribution in [1.82, 2.24) is 25.3 Å². The molecule has 3 heterocycles. The number of rotatable bonds is 6. The van der Waals surface area contributed by atoms with Crippen LogP contribution in [0.15, 0.2) is 34.0 Å². The first-order valence-electron chi connectivity index (χ1n) is 7.67. The number of hydrogen-bond donors (Lipinski definition) is 1. The second-order valence-corrected chi connectivity index (χ2v) is 6.24. The minimum absolute atomic E-state index is 0.644. The summed E-state index contributed by atoms with van der Waals surface area (Å²) in [6.07, 6.45) is 5.55. The molecule has 0 unspecified atom stereocenters. The van der Waals surface area contributed by atoms with Gasteiger partial charge in [-0.3, -0.25) is 9.88 Å². The van der Waals surface area contributed by atoms with Crippen LogP contribution in [0.5, 0.6) is 0 Å². The van der Waals surface area contributed by atoms with E-state index in [0.29, 0.717) is 18.3 Å². The summed E-state index contributed by atoms with van der Waals surface area (Å²) in [5.41, 5.74) is 1.19. The van der Waals surface area contributed by atoms with Crippen molar-refractivity contribution in [3.8, 4) is 0 Å². The molecule has 122 valence electrons. The van der Waals surface area contributed by atoms with E-state index in [-0.39, 0.29) is 0 Å². The van der Waals surface area contributed by atoms with Crippen molar-refractivity contribution in [3.05, 3.63) is 41.8 Å². The summed E-state index contributed by atoms with van der Waals surface area (Å²) in [5.74, 6) is 2.08. The molecule has 0 aromatic carbocycles. The Labute approximate surface area is 139 Å². The normalized spacial score (nSPS) is 15.3. The van der Waals surface area contributed by atoms with Crippen LogP contribution in [0.1, 0.15) is 30.6 Å². The first kappa shape index (κ1) is 15.9. The number of amidine groups is 1. The molecule has 3 rings (SSSR count). The first-order valence-corrected chi connectivity index (χ1v) is 8.66. The Morgan fingerprint density at radius 2 is 2.39 bits per heavy atom. The summed E-state index contributed by atoms with van der Waals surface area (Å²) in [4.78, 5) is 15.3. The van der Waals surface area contributed by atoms with Crippen LogP contribution in [0.3, 0.4) is 0 Å². The second kappa shape index (κ2) is 8.07. The number of aromatic nitrogens is 3. The Morgan fingerprint density at radius 1 is 1.43 bits per heavy atom. The largest absolute Gasteiger partial charge is 0.352 e. The number of pyridine rings is 1. The van der Waals surface area contributed by atoms with Crippen LogP contribution < -0.4 is 5.32 Å². The zero-order valence-electron chi connectivity index (χ0n) is 13.1. The zero-order valence-corrected chi connectivity index (χ0v) is 13.9. The van der Waals surface area contributed by atoms with Gasteiger partial charge < -0.3 is 9.84 Å². The number of nitrogens with zero attached hydrogens (tertiary/aromatic N) is 5. The molecule has 1 N–H and O–H groups in total. The van der Waals surface area contributed by atoms with Crippen LogP contribution >= 0.6 is 11.8 Å². The van der Waals surface area contributed by atoms with Crippen molar-refractivity contribution in [2.24, 2.45) is 4.99 Å². The van der Waals surface area contributed by atoms with Crippen LogP contribution in [-0.2, 0) is 18.7 Å². The molecular formula is C15H20N6OS. The highest BCUT2D eigenvalue weighted by Crippen LogP contribution is 2.14. The van der Waals surface area contributed by atoms with E-state index >= 15 is 0 Å². The highest BCUT2D eigenvalue weighted by molar-refractivity contribution is 8.13. The van der Waals surface area contributed by atoms with Gasteiger partial charge in [-0.05, 0) is 18.1 Å². The third-order valence-electron chi connectivity index (χ3n) is 3.31. The lowest BCUT2D eigenvalue weighted by atomic mass is 10.3. The minimum atomic E-state index is 0.644. The fraction of sp³-hybridized carbons (Fsp3) is 0.467. The zero-order chi connectivity index (χ0) is 15.9. The SMILES string of the molecule is CCCc1noc(CSC2=NCN(Cc3cccnc3)CN2)n1. The smallest absolute Gasteiger partial charge is 0.237 e. The van der Waals surface area contributed by atoms with Gasteiger partial charge in [0.05, 0.1) is 19.1 Å². The highest BCUT2D eigenvalue weighted by atomic mass is 32.2. The Kier molecular flexibility index (Phi) is 5.60. The molecular weight excluding hydrogens is 312 g/mol.